The molecular formula is C58H96NO8P. The first-order chi connectivity index (χ1) is 33.0. The van der Waals surface area contributed by atoms with Gasteiger partial charge >= 0.3 is 11.9 Å². The summed E-state index contributed by atoms with van der Waals surface area (Å²) in [6.45, 7) is 3.95. The number of unbranched alkanes of at least 4 members (excludes halogenated alkanes) is 12. The highest BCUT2D eigenvalue weighted by Gasteiger charge is 2.21. The van der Waals surface area contributed by atoms with Crippen LogP contribution in [0.5, 0.6) is 0 Å². The van der Waals surface area contributed by atoms with E-state index in [0.717, 1.165) is 122 Å². The monoisotopic (exact) mass is 966 g/mol. The number of phosphoric ester groups is 1. The number of hydrogen-bond donors (Lipinski definition) is 0. The number of esters is 2. The lowest BCUT2D eigenvalue weighted by Crippen LogP contribution is -2.37. The van der Waals surface area contributed by atoms with Gasteiger partial charge in [-0.1, -0.05) is 187 Å². The normalized spacial score (nSPS) is 14.4. The largest absolute Gasteiger partial charge is 0.756 e. The number of allylic oxidation sites excluding steroid dienone is 20. The van der Waals surface area contributed by atoms with Gasteiger partial charge in [0.1, 0.15) is 19.8 Å². The molecule has 0 spiro atoms. The van der Waals surface area contributed by atoms with Crippen LogP contribution in [-0.4, -0.2) is 70.0 Å². The molecule has 10 heteroatoms. The van der Waals surface area contributed by atoms with Crippen LogP contribution in [0.2, 0.25) is 0 Å². The average Bonchev–Trinajstić information content (AvgIpc) is 3.30. The summed E-state index contributed by atoms with van der Waals surface area (Å²) in [7, 11) is 1.12. The smallest absolute Gasteiger partial charge is 0.306 e. The van der Waals surface area contributed by atoms with Crippen molar-refractivity contribution in [2.24, 2.45) is 0 Å². The Morgan fingerprint density at radius 1 is 0.456 bits per heavy atom. The molecule has 0 rings (SSSR count). The van der Waals surface area contributed by atoms with Crippen LogP contribution in [0.3, 0.4) is 0 Å². The molecule has 0 fully saturated rings. The van der Waals surface area contributed by atoms with Crippen molar-refractivity contribution >= 4 is 19.8 Å². The molecule has 0 aliphatic rings. The minimum atomic E-state index is -4.65. The third-order valence-corrected chi connectivity index (χ3v) is 11.4. The Morgan fingerprint density at radius 2 is 0.794 bits per heavy atom. The molecular weight excluding hydrogens is 870 g/mol. The van der Waals surface area contributed by atoms with Gasteiger partial charge in [-0.15, -0.1) is 0 Å². The van der Waals surface area contributed by atoms with Crippen molar-refractivity contribution in [1.29, 1.82) is 0 Å². The fourth-order valence-corrected chi connectivity index (χ4v) is 7.20. The van der Waals surface area contributed by atoms with Gasteiger partial charge in [0.25, 0.3) is 7.82 Å². The lowest BCUT2D eigenvalue weighted by Gasteiger charge is -2.28. The second-order valence-electron chi connectivity index (χ2n) is 18.1. The highest BCUT2D eigenvalue weighted by Crippen LogP contribution is 2.38. The number of likely N-dealkylation sites (N-methyl/N-ethyl adjacent to an activating group) is 1. The molecule has 0 saturated heterocycles. The highest BCUT2D eigenvalue weighted by atomic mass is 31.2. The lowest BCUT2D eigenvalue weighted by atomic mass is 10.1. The number of nitrogens with zero attached hydrogens (tertiary/aromatic N) is 1. The summed E-state index contributed by atoms with van der Waals surface area (Å²) in [6, 6.07) is 0. The first-order valence-corrected chi connectivity index (χ1v) is 27.7. The standard InChI is InChI=1S/C58H96NO8P/c1-6-8-10-12-14-16-18-20-22-24-25-26-27-28-29-30-31-32-33-35-37-39-41-43-45-47-49-51-58(61)67-56(55-66-68(62,63)65-53-52-59(3,4)5)54-64-57(60)50-48-46-44-42-40-38-36-34-23-21-19-17-15-13-11-9-7-2/h8-11,14-17,20-23,25-26,28-29,31-32,35,37,56H,6-7,12-13,18-19,24,27,30,33-34,36,38-55H2,1-5H3/b10-8-,11-9-,16-14-,17-15-,22-20-,23-21-,26-25-,29-28-,32-31-,37-35-. The molecule has 0 amide bonds. The van der Waals surface area contributed by atoms with Crippen LogP contribution >= 0.6 is 7.82 Å². The summed E-state index contributed by atoms with van der Waals surface area (Å²) in [4.78, 5) is 37.8. The van der Waals surface area contributed by atoms with Crippen LogP contribution in [-0.2, 0) is 32.7 Å². The van der Waals surface area contributed by atoms with Crippen LogP contribution in [0.25, 0.3) is 0 Å². The zero-order valence-electron chi connectivity index (χ0n) is 43.5. The Hall–Kier alpha value is -3.59. The summed E-state index contributed by atoms with van der Waals surface area (Å²) >= 11 is 0. The molecule has 0 N–H and O–H groups in total. The highest BCUT2D eigenvalue weighted by molar-refractivity contribution is 7.45. The predicted octanol–water partition coefficient (Wildman–Crippen LogP) is 15.4. The van der Waals surface area contributed by atoms with Gasteiger partial charge in [-0.2, -0.15) is 0 Å². The average molecular weight is 966 g/mol. The van der Waals surface area contributed by atoms with Crippen molar-refractivity contribution in [2.45, 2.75) is 187 Å². The van der Waals surface area contributed by atoms with Gasteiger partial charge < -0.3 is 27.9 Å². The summed E-state index contributed by atoms with van der Waals surface area (Å²) in [5.41, 5.74) is 0. The van der Waals surface area contributed by atoms with Gasteiger partial charge in [0.05, 0.1) is 27.7 Å². The number of phosphoric acid groups is 1. The summed E-state index contributed by atoms with van der Waals surface area (Å²) in [6.07, 6.45) is 68.0. The lowest BCUT2D eigenvalue weighted by molar-refractivity contribution is -0.870. The zero-order valence-corrected chi connectivity index (χ0v) is 44.4. The Morgan fingerprint density at radius 3 is 1.18 bits per heavy atom. The van der Waals surface area contributed by atoms with Gasteiger partial charge in [0.15, 0.2) is 6.10 Å². The van der Waals surface area contributed by atoms with E-state index < -0.39 is 32.5 Å². The molecule has 0 aromatic rings. The number of quaternary nitrogens is 1. The van der Waals surface area contributed by atoms with Crippen LogP contribution in [0.1, 0.15) is 181 Å². The first kappa shape index (κ1) is 64.4. The molecule has 0 aromatic carbocycles. The van der Waals surface area contributed by atoms with Crippen LogP contribution in [0, 0.1) is 0 Å². The van der Waals surface area contributed by atoms with Gasteiger partial charge in [0, 0.05) is 12.8 Å². The zero-order chi connectivity index (χ0) is 49.9. The van der Waals surface area contributed by atoms with Gasteiger partial charge in [0.2, 0.25) is 0 Å². The molecule has 0 heterocycles. The number of hydrogen-bond acceptors (Lipinski definition) is 8. The Kier molecular flexibility index (Phi) is 45.9. The molecule has 0 aliphatic heterocycles. The molecule has 2 unspecified atom stereocenters. The topological polar surface area (TPSA) is 111 Å². The predicted molar refractivity (Wildman–Crippen MR) is 286 cm³/mol. The molecule has 0 radical (unpaired) electrons. The number of rotatable bonds is 46. The van der Waals surface area contributed by atoms with E-state index in [1.54, 1.807) is 0 Å². The minimum absolute atomic E-state index is 0.0442. The number of ether oxygens (including phenoxy) is 2. The van der Waals surface area contributed by atoms with Crippen molar-refractivity contribution in [3.05, 3.63) is 122 Å². The second-order valence-corrected chi connectivity index (χ2v) is 19.5. The summed E-state index contributed by atoms with van der Waals surface area (Å²) in [5, 5.41) is 0. The van der Waals surface area contributed by atoms with Crippen molar-refractivity contribution in [1.82, 2.24) is 0 Å². The van der Waals surface area contributed by atoms with Gasteiger partial charge in [-0.05, 0) is 103 Å². The van der Waals surface area contributed by atoms with E-state index in [-0.39, 0.29) is 26.1 Å². The van der Waals surface area contributed by atoms with Crippen molar-refractivity contribution in [3.8, 4) is 0 Å². The van der Waals surface area contributed by atoms with Gasteiger partial charge in [-0.25, -0.2) is 0 Å². The second kappa shape index (κ2) is 48.4. The summed E-state index contributed by atoms with van der Waals surface area (Å²) in [5.74, 6) is -0.879. The van der Waals surface area contributed by atoms with E-state index in [1.165, 1.54) is 19.3 Å². The van der Waals surface area contributed by atoms with E-state index in [0.29, 0.717) is 23.9 Å². The number of carbonyl (C=O) groups excluding carboxylic acids is 2. The van der Waals surface area contributed by atoms with E-state index >= 15 is 0 Å². The molecule has 0 aliphatic carbocycles. The van der Waals surface area contributed by atoms with E-state index in [2.05, 4.69) is 135 Å². The van der Waals surface area contributed by atoms with Crippen molar-refractivity contribution in [3.63, 3.8) is 0 Å². The molecule has 2 atom stereocenters. The van der Waals surface area contributed by atoms with Gasteiger partial charge in [-0.3, -0.25) is 14.2 Å². The molecule has 386 valence electrons. The molecule has 0 bridgehead atoms. The van der Waals surface area contributed by atoms with Crippen molar-refractivity contribution in [2.75, 3.05) is 47.5 Å². The molecule has 9 nitrogen and oxygen atoms in total. The maximum atomic E-state index is 12.8. The summed E-state index contributed by atoms with van der Waals surface area (Å²) < 4.78 is 34.0. The molecule has 68 heavy (non-hydrogen) atoms. The first-order valence-electron chi connectivity index (χ1n) is 26.2. The Balaban J connectivity index is 4.33. The SMILES string of the molecule is CC/C=C\C/C=C\C/C=C\C/C=C\C/C=C\C/C=C\C/C=C\CCCCCCCC(=O)OC(COC(=O)CCCCCCCCC/C=C\C/C=C\C/C=C\CC)COP(=O)([O-])OCC[N+](C)(C)C. The fourth-order valence-electron chi connectivity index (χ4n) is 6.47. The van der Waals surface area contributed by atoms with E-state index in [9.17, 15) is 19.0 Å². The quantitative estimate of drug-likeness (QED) is 0.0195. The minimum Gasteiger partial charge on any atom is -0.756 e. The number of carbonyl (C=O) groups is 2. The van der Waals surface area contributed by atoms with E-state index in [1.807, 2.05) is 21.1 Å². The van der Waals surface area contributed by atoms with E-state index in [4.69, 9.17) is 18.5 Å². The Labute approximate surface area is 416 Å². The van der Waals surface area contributed by atoms with Crippen LogP contribution < -0.4 is 4.89 Å². The molecule has 0 aromatic heterocycles. The molecule has 0 saturated carbocycles. The maximum Gasteiger partial charge on any atom is 0.306 e. The third-order valence-electron chi connectivity index (χ3n) is 10.5. The maximum absolute atomic E-state index is 12.8. The Bertz CT molecular complexity index is 1560. The third kappa shape index (κ3) is 51.8. The van der Waals surface area contributed by atoms with Crippen molar-refractivity contribution < 1.29 is 42.1 Å². The van der Waals surface area contributed by atoms with Crippen LogP contribution in [0.15, 0.2) is 122 Å². The fraction of sp³-hybridized carbons (Fsp3) is 0.621. The van der Waals surface area contributed by atoms with Crippen LogP contribution in [0.4, 0.5) is 0 Å².